The number of carbonyl (C=O) groups is 1. The molecule has 0 spiro atoms. The van der Waals surface area contributed by atoms with Gasteiger partial charge in [-0.1, -0.05) is 6.42 Å². The standard InChI is InChI=1S/C14H19N3O3S/c1-11(14(18)15-16-9-3-2-4-10-16)21-13-7-5-12(6-8-13)17(19)20/h5-8,11H,2-4,9-10H2,1H3,(H,15,18)/t11-/m0/s1. The van der Waals surface area contributed by atoms with Crippen molar-refractivity contribution in [2.45, 2.75) is 36.3 Å². The Morgan fingerprint density at radius 1 is 1.29 bits per heavy atom. The Bertz CT molecular complexity index is 501. The van der Waals surface area contributed by atoms with Crippen molar-refractivity contribution < 1.29 is 9.72 Å². The number of hydrazine groups is 1. The highest BCUT2D eigenvalue weighted by atomic mass is 32.2. The maximum atomic E-state index is 12.1. The molecule has 0 radical (unpaired) electrons. The summed E-state index contributed by atoms with van der Waals surface area (Å²) in [5.74, 6) is -0.0275. The van der Waals surface area contributed by atoms with E-state index in [1.807, 2.05) is 11.9 Å². The number of hydrogen-bond donors (Lipinski definition) is 1. The molecule has 1 N–H and O–H groups in total. The number of piperidine rings is 1. The number of hydrogen-bond acceptors (Lipinski definition) is 5. The highest BCUT2D eigenvalue weighted by molar-refractivity contribution is 8.00. The first-order valence-corrected chi connectivity index (χ1v) is 7.91. The van der Waals surface area contributed by atoms with E-state index in [1.54, 1.807) is 12.1 Å². The summed E-state index contributed by atoms with van der Waals surface area (Å²) in [5, 5.41) is 12.3. The number of nitrogens with zero attached hydrogens (tertiary/aromatic N) is 2. The quantitative estimate of drug-likeness (QED) is 0.514. The van der Waals surface area contributed by atoms with E-state index >= 15 is 0 Å². The van der Waals surface area contributed by atoms with Crippen LogP contribution in [0.1, 0.15) is 26.2 Å². The smallest absolute Gasteiger partial charge is 0.269 e. The number of thioether (sulfide) groups is 1. The molecule has 0 unspecified atom stereocenters. The van der Waals surface area contributed by atoms with Crippen LogP contribution in [0, 0.1) is 10.1 Å². The number of nitrogens with one attached hydrogen (secondary N) is 1. The summed E-state index contributed by atoms with van der Waals surface area (Å²) < 4.78 is 0. The lowest BCUT2D eigenvalue weighted by atomic mass is 10.2. The van der Waals surface area contributed by atoms with Gasteiger partial charge in [0.25, 0.3) is 5.69 Å². The van der Waals surface area contributed by atoms with Crippen LogP contribution in [0.4, 0.5) is 5.69 Å². The molecule has 1 aliphatic heterocycles. The number of carbonyl (C=O) groups excluding carboxylic acids is 1. The number of nitro groups is 1. The molecule has 1 amide bonds. The van der Waals surface area contributed by atoms with Crippen LogP contribution < -0.4 is 5.43 Å². The molecule has 1 saturated heterocycles. The molecule has 1 aromatic rings. The molecule has 1 atom stereocenters. The fourth-order valence-corrected chi connectivity index (χ4v) is 3.02. The Hall–Kier alpha value is -1.60. The van der Waals surface area contributed by atoms with E-state index in [4.69, 9.17) is 0 Å². The van der Waals surface area contributed by atoms with Gasteiger partial charge in [0, 0.05) is 30.1 Å². The molecule has 6 nitrogen and oxygen atoms in total. The van der Waals surface area contributed by atoms with Gasteiger partial charge in [-0.3, -0.25) is 20.3 Å². The monoisotopic (exact) mass is 309 g/mol. The van der Waals surface area contributed by atoms with E-state index in [2.05, 4.69) is 5.43 Å². The van der Waals surface area contributed by atoms with Gasteiger partial charge in [-0.15, -0.1) is 11.8 Å². The zero-order valence-corrected chi connectivity index (χ0v) is 12.8. The second-order valence-electron chi connectivity index (χ2n) is 5.03. The lowest BCUT2D eigenvalue weighted by Crippen LogP contribution is -2.47. The minimum atomic E-state index is -0.430. The molecular weight excluding hydrogens is 290 g/mol. The van der Waals surface area contributed by atoms with Crippen LogP contribution in [0.25, 0.3) is 0 Å². The van der Waals surface area contributed by atoms with E-state index in [-0.39, 0.29) is 16.8 Å². The molecule has 1 aliphatic rings. The predicted octanol–water partition coefficient (Wildman–Crippen LogP) is 2.59. The normalized spacial score (nSPS) is 17.2. The van der Waals surface area contributed by atoms with Crippen LogP contribution in [0.15, 0.2) is 29.2 Å². The first-order chi connectivity index (χ1) is 10.1. The minimum absolute atomic E-state index is 0.0275. The van der Waals surface area contributed by atoms with Crippen molar-refractivity contribution in [2.75, 3.05) is 13.1 Å². The average Bonchev–Trinajstić information content (AvgIpc) is 2.48. The number of non-ortho nitro benzene ring substituents is 1. The number of benzene rings is 1. The summed E-state index contributed by atoms with van der Waals surface area (Å²) in [5.41, 5.74) is 2.99. The predicted molar refractivity (Wildman–Crippen MR) is 82.0 cm³/mol. The van der Waals surface area contributed by atoms with Crippen LogP contribution in [-0.4, -0.2) is 34.2 Å². The van der Waals surface area contributed by atoms with Gasteiger partial charge in [-0.2, -0.15) is 0 Å². The molecule has 7 heteroatoms. The first kappa shape index (κ1) is 15.8. The van der Waals surface area contributed by atoms with Gasteiger partial charge in [0.15, 0.2) is 0 Å². The second-order valence-corrected chi connectivity index (χ2v) is 6.45. The summed E-state index contributed by atoms with van der Waals surface area (Å²) in [6.07, 6.45) is 3.45. The van der Waals surface area contributed by atoms with Crippen molar-refractivity contribution in [1.29, 1.82) is 0 Å². The van der Waals surface area contributed by atoms with Gasteiger partial charge in [0.05, 0.1) is 10.2 Å². The molecule has 0 aliphatic carbocycles. The number of nitro benzene ring substituents is 1. The summed E-state index contributed by atoms with van der Waals surface area (Å²) in [6, 6.07) is 6.26. The first-order valence-electron chi connectivity index (χ1n) is 7.03. The minimum Gasteiger partial charge on any atom is -0.288 e. The summed E-state index contributed by atoms with van der Waals surface area (Å²) in [6.45, 7) is 3.65. The summed E-state index contributed by atoms with van der Waals surface area (Å²) >= 11 is 1.40. The molecule has 0 saturated carbocycles. The van der Waals surface area contributed by atoms with E-state index in [0.29, 0.717) is 0 Å². The highest BCUT2D eigenvalue weighted by Crippen LogP contribution is 2.25. The molecule has 114 valence electrons. The van der Waals surface area contributed by atoms with E-state index < -0.39 is 4.92 Å². The van der Waals surface area contributed by atoms with Crippen molar-refractivity contribution in [3.8, 4) is 0 Å². The van der Waals surface area contributed by atoms with Crippen molar-refractivity contribution in [1.82, 2.24) is 10.4 Å². The molecule has 1 heterocycles. The SMILES string of the molecule is C[C@H](Sc1ccc([N+](=O)[O-])cc1)C(=O)NN1CCCCC1. The van der Waals surface area contributed by atoms with Crippen LogP contribution >= 0.6 is 11.8 Å². The van der Waals surface area contributed by atoms with Crippen LogP contribution in [0.3, 0.4) is 0 Å². The molecule has 2 rings (SSSR count). The zero-order chi connectivity index (χ0) is 15.2. The van der Waals surface area contributed by atoms with Gasteiger partial charge < -0.3 is 0 Å². The van der Waals surface area contributed by atoms with Gasteiger partial charge >= 0.3 is 0 Å². The van der Waals surface area contributed by atoms with Crippen LogP contribution in [0.2, 0.25) is 0 Å². The highest BCUT2D eigenvalue weighted by Gasteiger charge is 2.19. The molecule has 1 aromatic carbocycles. The molecule has 1 fully saturated rings. The maximum absolute atomic E-state index is 12.1. The van der Waals surface area contributed by atoms with Gasteiger partial charge in [-0.25, -0.2) is 5.01 Å². The van der Waals surface area contributed by atoms with Crippen molar-refractivity contribution in [3.05, 3.63) is 34.4 Å². The topological polar surface area (TPSA) is 75.5 Å². The third kappa shape index (κ3) is 4.71. The van der Waals surface area contributed by atoms with E-state index in [1.165, 1.54) is 30.3 Å². The fraction of sp³-hybridized carbons (Fsp3) is 0.500. The Kier molecular flexibility index (Phi) is 5.58. The van der Waals surface area contributed by atoms with E-state index in [0.717, 1.165) is 30.8 Å². The van der Waals surface area contributed by atoms with Gasteiger partial charge in [0.1, 0.15) is 0 Å². The van der Waals surface area contributed by atoms with E-state index in [9.17, 15) is 14.9 Å². The lowest BCUT2D eigenvalue weighted by molar-refractivity contribution is -0.384. The zero-order valence-electron chi connectivity index (χ0n) is 11.9. The molecule has 0 bridgehead atoms. The third-order valence-electron chi connectivity index (χ3n) is 3.35. The fourth-order valence-electron chi connectivity index (χ4n) is 2.16. The number of amides is 1. The maximum Gasteiger partial charge on any atom is 0.269 e. The van der Waals surface area contributed by atoms with Gasteiger partial charge in [0.2, 0.25) is 5.91 Å². The Balaban J connectivity index is 1.86. The summed E-state index contributed by atoms with van der Waals surface area (Å²) in [7, 11) is 0. The molecule has 21 heavy (non-hydrogen) atoms. The molecule has 0 aromatic heterocycles. The van der Waals surface area contributed by atoms with Crippen LogP contribution in [-0.2, 0) is 4.79 Å². The average molecular weight is 309 g/mol. The Morgan fingerprint density at radius 2 is 1.90 bits per heavy atom. The second kappa shape index (κ2) is 7.42. The van der Waals surface area contributed by atoms with Crippen molar-refractivity contribution >= 4 is 23.4 Å². The van der Waals surface area contributed by atoms with Crippen molar-refractivity contribution in [2.24, 2.45) is 0 Å². The number of rotatable bonds is 5. The van der Waals surface area contributed by atoms with Gasteiger partial charge in [-0.05, 0) is 31.9 Å². The lowest BCUT2D eigenvalue weighted by Gasteiger charge is -2.28. The summed E-state index contributed by atoms with van der Waals surface area (Å²) in [4.78, 5) is 23.1. The van der Waals surface area contributed by atoms with Crippen LogP contribution in [0.5, 0.6) is 0 Å². The largest absolute Gasteiger partial charge is 0.288 e. The third-order valence-corrected chi connectivity index (χ3v) is 4.47. The Morgan fingerprint density at radius 3 is 2.48 bits per heavy atom. The molecular formula is C14H19N3O3S. The van der Waals surface area contributed by atoms with Crippen molar-refractivity contribution in [3.63, 3.8) is 0 Å². The Labute approximate surface area is 128 Å².